The van der Waals surface area contributed by atoms with Crippen LogP contribution in [0.5, 0.6) is 5.75 Å². The zero-order valence-electron chi connectivity index (χ0n) is 9.43. The highest BCUT2D eigenvalue weighted by atomic mass is 16.5. The summed E-state index contributed by atoms with van der Waals surface area (Å²) in [6.07, 6.45) is 0. The van der Waals surface area contributed by atoms with Crippen LogP contribution in [0.25, 0.3) is 11.4 Å². The molecular weight excluding hydrogens is 204 g/mol. The number of methoxy groups -OCH3 is 1. The third-order valence-corrected chi connectivity index (χ3v) is 2.12. The fourth-order valence-electron chi connectivity index (χ4n) is 1.39. The van der Waals surface area contributed by atoms with Crippen molar-refractivity contribution in [3.8, 4) is 17.1 Å². The monoisotopic (exact) mass is 216 g/mol. The van der Waals surface area contributed by atoms with Crippen molar-refractivity contribution >= 4 is 0 Å². The number of nitrogens with zero attached hydrogens (tertiary/aromatic N) is 4. The van der Waals surface area contributed by atoms with Crippen molar-refractivity contribution < 1.29 is 4.74 Å². The lowest BCUT2D eigenvalue weighted by molar-refractivity contribution is 0.414. The molecule has 0 N–H and O–H groups in total. The average molecular weight is 216 g/mol. The Morgan fingerprint density at radius 1 is 0.938 bits per heavy atom. The third-order valence-electron chi connectivity index (χ3n) is 2.12. The van der Waals surface area contributed by atoms with Crippen molar-refractivity contribution in [1.29, 1.82) is 0 Å². The number of rotatable bonds is 2. The largest absolute Gasteiger partial charge is 0.497 e. The molecule has 0 unspecified atom stereocenters. The van der Waals surface area contributed by atoms with Gasteiger partial charge in [-0.05, 0) is 37.6 Å². The van der Waals surface area contributed by atoms with Gasteiger partial charge in [-0.15, -0.1) is 20.4 Å². The first-order chi connectivity index (χ1) is 7.69. The van der Waals surface area contributed by atoms with Crippen molar-refractivity contribution in [2.24, 2.45) is 0 Å². The lowest BCUT2D eigenvalue weighted by Crippen LogP contribution is -1.99. The molecule has 1 heterocycles. The molecule has 0 aliphatic rings. The van der Waals surface area contributed by atoms with Crippen LogP contribution in [-0.4, -0.2) is 27.5 Å². The predicted octanol–water partition coefficient (Wildman–Crippen LogP) is 1.56. The normalized spacial score (nSPS) is 10.2. The van der Waals surface area contributed by atoms with Crippen molar-refractivity contribution in [1.82, 2.24) is 20.4 Å². The van der Waals surface area contributed by atoms with Gasteiger partial charge in [0.25, 0.3) is 0 Å². The summed E-state index contributed by atoms with van der Waals surface area (Å²) in [7, 11) is 1.63. The number of aryl methyl sites for hydroxylation is 2. The van der Waals surface area contributed by atoms with E-state index in [2.05, 4.69) is 20.4 Å². The van der Waals surface area contributed by atoms with Gasteiger partial charge in [-0.25, -0.2) is 0 Å². The first-order valence-electron chi connectivity index (χ1n) is 4.89. The SMILES string of the molecule is COc1cc(C)cc(-c2nnc(C)nn2)c1. The van der Waals surface area contributed by atoms with Gasteiger partial charge in [-0.2, -0.15) is 0 Å². The first-order valence-corrected chi connectivity index (χ1v) is 4.89. The first kappa shape index (κ1) is 10.5. The predicted molar refractivity (Wildman–Crippen MR) is 59.1 cm³/mol. The van der Waals surface area contributed by atoms with Crippen molar-refractivity contribution in [3.63, 3.8) is 0 Å². The number of hydrogen-bond acceptors (Lipinski definition) is 5. The molecule has 0 saturated heterocycles. The van der Waals surface area contributed by atoms with E-state index in [1.165, 1.54) is 0 Å². The van der Waals surface area contributed by atoms with Gasteiger partial charge < -0.3 is 4.74 Å². The Kier molecular flexibility index (Phi) is 2.76. The molecule has 0 amide bonds. The number of ether oxygens (including phenoxy) is 1. The molecule has 0 bridgehead atoms. The maximum atomic E-state index is 5.18. The van der Waals surface area contributed by atoms with Crippen LogP contribution < -0.4 is 4.74 Å². The van der Waals surface area contributed by atoms with Crippen LogP contribution in [0.2, 0.25) is 0 Å². The van der Waals surface area contributed by atoms with Crippen LogP contribution in [0.15, 0.2) is 18.2 Å². The van der Waals surface area contributed by atoms with Gasteiger partial charge in [-0.3, -0.25) is 0 Å². The summed E-state index contributed by atoms with van der Waals surface area (Å²) in [5.74, 6) is 1.84. The molecule has 0 saturated carbocycles. The molecule has 2 aromatic rings. The number of benzene rings is 1. The molecule has 5 nitrogen and oxygen atoms in total. The Morgan fingerprint density at radius 2 is 1.62 bits per heavy atom. The zero-order chi connectivity index (χ0) is 11.5. The standard InChI is InChI=1S/C11H12N4O/c1-7-4-9(6-10(5-7)16-3)11-14-12-8(2)13-15-11/h4-6H,1-3H3. The van der Waals surface area contributed by atoms with E-state index < -0.39 is 0 Å². The zero-order valence-corrected chi connectivity index (χ0v) is 9.43. The van der Waals surface area contributed by atoms with Crippen LogP contribution in [0.4, 0.5) is 0 Å². The summed E-state index contributed by atoms with van der Waals surface area (Å²) >= 11 is 0. The summed E-state index contributed by atoms with van der Waals surface area (Å²) in [6.45, 7) is 3.74. The van der Waals surface area contributed by atoms with Crippen LogP contribution in [0, 0.1) is 13.8 Å². The highest BCUT2D eigenvalue weighted by molar-refractivity contribution is 5.58. The minimum atomic E-state index is 0.507. The van der Waals surface area contributed by atoms with Gasteiger partial charge in [0.15, 0.2) is 5.82 Å². The molecule has 16 heavy (non-hydrogen) atoms. The van der Waals surface area contributed by atoms with Crippen molar-refractivity contribution in [3.05, 3.63) is 29.6 Å². The minimum Gasteiger partial charge on any atom is -0.497 e. The van der Waals surface area contributed by atoms with Crippen molar-refractivity contribution in [2.45, 2.75) is 13.8 Å². The maximum Gasteiger partial charge on any atom is 0.203 e. The van der Waals surface area contributed by atoms with E-state index >= 15 is 0 Å². The van der Waals surface area contributed by atoms with E-state index in [9.17, 15) is 0 Å². The molecule has 0 fully saturated rings. The molecule has 5 heteroatoms. The molecule has 82 valence electrons. The second kappa shape index (κ2) is 4.22. The Balaban J connectivity index is 2.47. The van der Waals surface area contributed by atoms with Crippen molar-refractivity contribution in [2.75, 3.05) is 7.11 Å². The molecule has 2 rings (SSSR count). The Labute approximate surface area is 93.5 Å². The van der Waals surface area contributed by atoms with Crippen LogP contribution >= 0.6 is 0 Å². The number of aromatic nitrogens is 4. The van der Waals surface area contributed by atoms with Gasteiger partial charge >= 0.3 is 0 Å². The molecule has 0 spiro atoms. The van der Waals surface area contributed by atoms with E-state index in [0.717, 1.165) is 16.9 Å². The second-order valence-electron chi connectivity index (χ2n) is 3.51. The smallest absolute Gasteiger partial charge is 0.203 e. The molecular formula is C11H12N4O. The van der Waals surface area contributed by atoms with E-state index in [1.54, 1.807) is 14.0 Å². The lowest BCUT2D eigenvalue weighted by atomic mass is 10.1. The topological polar surface area (TPSA) is 60.8 Å². The van der Waals surface area contributed by atoms with Gasteiger partial charge in [-0.1, -0.05) is 0 Å². The molecule has 0 radical (unpaired) electrons. The van der Waals surface area contributed by atoms with E-state index in [-0.39, 0.29) is 0 Å². The molecule has 0 aliphatic heterocycles. The van der Waals surface area contributed by atoms with E-state index in [1.807, 2.05) is 25.1 Å². The van der Waals surface area contributed by atoms with Gasteiger partial charge in [0.2, 0.25) is 5.82 Å². The Morgan fingerprint density at radius 3 is 2.25 bits per heavy atom. The maximum absolute atomic E-state index is 5.18. The summed E-state index contributed by atoms with van der Waals surface area (Å²) in [5.41, 5.74) is 1.94. The highest BCUT2D eigenvalue weighted by Crippen LogP contribution is 2.22. The molecule has 1 aromatic heterocycles. The quantitative estimate of drug-likeness (QED) is 0.762. The fourth-order valence-corrected chi connectivity index (χ4v) is 1.39. The summed E-state index contributed by atoms with van der Waals surface area (Å²) in [5, 5.41) is 15.7. The van der Waals surface area contributed by atoms with Gasteiger partial charge in [0.1, 0.15) is 5.75 Å². The third kappa shape index (κ3) is 2.13. The summed E-state index contributed by atoms with van der Waals surface area (Å²) in [6, 6.07) is 5.77. The van der Waals surface area contributed by atoms with Gasteiger partial charge in [0.05, 0.1) is 7.11 Å². The van der Waals surface area contributed by atoms with Gasteiger partial charge in [0, 0.05) is 5.56 Å². The number of hydrogen-bond donors (Lipinski definition) is 0. The van der Waals surface area contributed by atoms with E-state index in [4.69, 9.17) is 4.74 Å². The molecule has 0 aliphatic carbocycles. The molecule has 0 atom stereocenters. The average Bonchev–Trinajstić information content (AvgIpc) is 2.29. The van der Waals surface area contributed by atoms with Crippen LogP contribution in [0.3, 0.4) is 0 Å². The second-order valence-corrected chi connectivity index (χ2v) is 3.51. The summed E-state index contributed by atoms with van der Waals surface area (Å²) in [4.78, 5) is 0. The van der Waals surface area contributed by atoms with E-state index in [0.29, 0.717) is 11.6 Å². The van der Waals surface area contributed by atoms with Crippen LogP contribution in [-0.2, 0) is 0 Å². The Bertz CT molecular complexity index is 496. The highest BCUT2D eigenvalue weighted by Gasteiger charge is 2.05. The Hall–Kier alpha value is -2.04. The fraction of sp³-hybridized carbons (Fsp3) is 0.273. The summed E-state index contributed by atoms with van der Waals surface area (Å²) < 4.78 is 5.18. The molecule has 1 aromatic carbocycles. The lowest BCUT2D eigenvalue weighted by Gasteiger charge is -2.04. The minimum absolute atomic E-state index is 0.507. The van der Waals surface area contributed by atoms with Crippen LogP contribution in [0.1, 0.15) is 11.4 Å².